The smallest absolute Gasteiger partial charge is 0.267 e. The molecule has 0 saturated heterocycles. The predicted molar refractivity (Wildman–Crippen MR) is 70.8 cm³/mol. The van der Waals surface area contributed by atoms with E-state index in [4.69, 9.17) is 11.6 Å². The van der Waals surface area contributed by atoms with Crippen molar-refractivity contribution in [1.82, 2.24) is 10.3 Å². The summed E-state index contributed by atoms with van der Waals surface area (Å²) in [4.78, 5) is 14.7. The van der Waals surface area contributed by atoms with Gasteiger partial charge in [0.05, 0.1) is 5.02 Å². The minimum Gasteiger partial charge on any atom is -0.356 e. The summed E-state index contributed by atoms with van der Waals surface area (Å²) in [5, 5.41) is 3.43. The number of aromatic nitrogens is 1. The number of carbonyl (C=O) groups excluding carboxylic acids is 1. The summed E-state index contributed by atoms with van der Waals surface area (Å²) in [5.41, 5.74) is 1.51. The number of benzene rings is 1. The Balaban J connectivity index is 1.61. The van der Waals surface area contributed by atoms with Crippen molar-refractivity contribution in [2.75, 3.05) is 0 Å². The van der Waals surface area contributed by atoms with Gasteiger partial charge in [-0.3, -0.25) is 4.79 Å². The highest BCUT2D eigenvalue weighted by Crippen LogP contribution is 2.40. The molecule has 2 aromatic rings. The molecule has 98 valence electrons. The third-order valence-corrected chi connectivity index (χ3v) is 3.52. The van der Waals surface area contributed by atoms with Gasteiger partial charge in [0, 0.05) is 18.2 Å². The third-order valence-electron chi connectivity index (χ3n) is 3.30. The van der Waals surface area contributed by atoms with E-state index < -0.39 is 0 Å². The van der Waals surface area contributed by atoms with Crippen molar-refractivity contribution in [3.05, 3.63) is 58.6 Å². The van der Waals surface area contributed by atoms with E-state index >= 15 is 0 Å². The SMILES string of the molecule is O=C(N[C@@H]1C[C@@H]1c1ccc(F)cc1)c1cc(Cl)c[nH]1. The molecule has 0 radical (unpaired) electrons. The van der Waals surface area contributed by atoms with Crippen molar-refractivity contribution in [1.29, 1.82) is 0 Å². The van der Waals surface area contributed by atoms with Crippen LogP contribution >= 0.6 is 11.6 Å². The van der Waals surface area contributed by atoms with Crippen molar-refractivity contribution >= 4 is 17.5 Å². The average Bonchev–Trinajstić information content (AvgIpc) is 3.00. The zero-order valence-electron chi connectivity index (χ0n) is 9.99. The van der Waals surface area contributed by atoms with Crippen molar-refractivity contribution < 1.29 is 9.18 Å². The number of carbonyl (C=O) groups is 1. The van der Waals surface area contributed by atoms with Gasteiger partial charge in [-0.1, -0.05) is 23.7 Å². The number of nitrogens with one attached hydrogen (secondary N) is 2. The Kier molecular flexibility index (Phi) is 3.03. The standard InChI is InChI=1S/C14H12ClFN2O/c15-9-5-13(17-7-9)14(19)18-12-6-11(12)8-1-3-10(16)4-2-8/h1-5,7,11-12,17H,6H2,(H,18,19)/t11-,12-/m1/s1. The van der Waals surface area contributed by atoms with Crippen molar-refractivity contribution in [3.8, 4) is 0 Å². The van der Waals surface area contributed by atoms with Crippen LogP contribution in [0.3, 0.4) is 0 Å². The maximum absolute atomic E-state index is 12.8. The molecule has 3 rings (SSSR count). The second-order valence-corrected chi connectivity index (χ2v) is 5.14. The van der Waals surface area contributed by atoms with Crippen LogP contribution in [0.5, 0.6) is 0 Å². The van der Waals surface area contributed by atoms with E-state index in [1.54, 1.807) is 24.4 Å². The van der Waals surface area contributed by atoms with Crippen molar-refractivity contribution in [2.45, 2.75) is 18.4 Å². The number of amides is 1. The molecule has 2 atom stereocenters. The maximum atomic E-state index is 12.8. The van der Waals surface area contributed by atoms with E-state index in [2.05, 4.69) is 10.3 Å². The van der Waals surface area contributed by atoms with Crippen LogP contribution in [0.1, 0.15) is 28.4 Å². The topological polar surface area (TPSA) is 44.9 Å². The highest BCUT2D eigenvalue weighted by molar-refractivity contribution is 6.30. The van der Waals surface area contributed by atoms with Gasteiger partial charge in [0.2, 0.25) is 0 Å². The van der Waals surface area contributed by atoms with Gasteiger partial charge in [0.1, 0.15) is 11.5 Å². The Labute approximate surface area is 114 Å². The summed E-state index contributed by atoms with van der Waals surface area (Å²) in [5.74, 6) is -0.137. The third kappa shape index (κ3) is 2.63. The van der Waals surface area contributed by atoms with Crippen molar-refractivity contribution in [3.63, 3.8) is 0 Å². The summed E-state index contributed by atoms with van der Waals surface area (Å²) in [7, 11) is 0. The van der Waals surface area contributed by atoms with Gasteiger partial charge in [0.15, 0.2) is 0 Å². The van der Waals surface area contributed by atoms with Crippen LogP contribution in [-0.4, -0.2) is 16.9 Å². The van der Waals surface area contributed by atoms with E-state index in [-0.39, 0.29) is 23.7 Å². The number of H-pyrrole nitrogens is 1. The molecule has 0 bridgehead atoms. The van der Waals surface area contributed by atoms with Gasteiger partial charge in [-0.25, -0.2) is 4.39 Å². The van der Waals surface area contributed by atoms with Gasteiger partial charge in [-0.15, -0.1) is 0 Å². The first-order valence-electron chi connectivity index (χ1n) is 6.04. The lowest BCUT2D eigenvalue weighted by molar-refractivity contribution is 0.0946. The summed E-state index contributed by atoms with van der Waals surface area (Å²) >= 11 is 5.75. The average molecular weight is 279 g/mol. The van der Waals surface area contributed by atoms with Gasteiger partial charge in [-0.05, 0) is 30.2 Å². The van der Waals surface area contributed by atoms with Gasteiger partial charge in [-0.2, -0.15) is 0 Å². The van der Waals surface area contributed by atoms with Gasteiger partial charge in [0.25, 0.3) is 5.91 Å². The Bertz CT molecular complexity index is 608. The number of rotatable bonds is 3. The lowest BCUT2D eigenvalue weighted by Gasteiger charge is -2.03. The van der Waals surface area contributed by atoms with Crippen LogP contribution < -0.4 is 5.32 Å². The first kappa shape index (κ1) is 12.2. The van der Waals surface area contributed by atoms with Crippen LogP contribution in [0.2, 0.25) is 5.02 Å². The Hall–Kier alpha value is -1.81. The number of hydrogen-bond acceptors (Lipinski definition) is 1. The molecule has 0 spiro atoms. The maximum Gasteiger partial charge on any atom is 0.267 e. The molecule has 1 aliphatic rings. The lowest BCUT2D eigenvalue weighted by atomic mass is 10.1. The summed E-state index contributed by atoms with van der Waals surface area (Å²) < 4.78 is 12.8. The molecular weight excluding hydrogens is 267 g/mol. The van der Waals surface area contributed by atoms with Crippen LogP contribution in [-0.2, 0) is 0 Å². The molecular formula is C14H12ClFN2O. The first-order chi connectivity index (χ1) is 9.13. The number of halogens is 2. The molecule has 0 aliphatic heterocycles. The fourth-order valence-corrected chi connectivity index (χ4v) is 2.34. The highest BCUT2D eigenvalue weighted by Gasteiger charge is 2.39. The summed E-state index contributed by atoms with van der Waals surface area (Å²) in [6, 6.07) is 8.11. The first-order valence-corrected chi connectivity index (χ1v) is 6.41. The molecule has 1 aliphatic carbocycles. The van der Waals surface area contributed by atoms with Gasteiger partial charge >= 0.3 is 0 Å². The fourth-order valence-electron chi connectivity index (χ4n) is 2.18. The van der Waals surface area contributed by atoms with Crippen molar-refractivity contribution in [2.24, 2.45) is 0 Å². The molecule has 2 N–H and O–H groups in total. The number of hydrogen-bond donors (Lipinski definition) is 2. The Morgan fingerprint density at radius 1 is 1.37 bits per heavy atom. The van der Waals surface area contributed by atoms with Crippen LogP contribution in [0.4, 0.5) is 4.39 Å². The quantitative estimate of drug-likeness (QED) is 0.890. The summed E-state index contributed by atoms with van der Waals surface area (Å²) in [6.45, 7) is 0. The monoisotopic (exact) mass is 278 g/mol. The molecule has 1 aromatic carbocycles. The molecule has 0 unspecified atom stereocenters. The largest absolute Gasteiger partial charge is 0.356 e. The minimum atomic E-state index is -0.244. The molecule has 5 heteroatoms. The van der Waals surface area contributed by atoms with E-state index in [0.717, 1.165) is 12.0 Å². The molecule has 1 aromatic heterocycles. The van der Waals surface area contributed by atoms with E-state index in [9.17, 15) is 9.18 Å². The normalized spacial score (nSPS) is 21.2. The van der Waals surface area contributed by atoms with E-state index in [1.807, 2.05) is 0 Å². The van der Waals surface area contributed by atoms with Gasteiger partial charge < -0.3 is 10.3 Å². The van der Waals surface area contributed by atoms with E-state index in [1.165, 1.54) is 12.1 Å². The Morgan fingerprint density at radius 3 is 2.74 bits per heavy atom. The highest BCUT2D eigenvalue weighted by atomic mass is 35.5. The molecule has 1 heterocycles. The van der Waals surface area contributed by atoms with Crippen LogP contribution in [0.25, 0.3) is 0 Å². The van der Waals surface area contributed by atoms with Crippen LogP contribution in [0, 0.1) is 5.82 Å². The molecule has 1 amide bonds. The van der Waals surface area contributed by atoms with Crippen LogP contribution in [0.15, 0.2) is 36.5 Å². The fraction of sp³-hybridized carbons (Fsp3) is 0.214. The second-order valence-electron chi connectivity index (χ2n) is 4.71. The predicted octanol–water partition coefficient (Wildman–Crippen LogP) is 3.09. The zero-order chi connectivity index (χ0) is 13.4. The zero-order valence-corrected chi connectivity index (χ0v) is 10.7. The Morgan fingerprint density at radius 2 is 2.11 bits per heavy atom. The second kappa shape index (κ2) is 4.70. The van der Waals surface area contributed by atoms with E-state index in [0.29, 0.717) is 10.7 Å². The lowest BCUT2D eigenvalue weighted by Crippen LogP contribution is -2.26. The molecule has 1 saturated carbocycles. The number of aromatic amines is 1. The molecule has 19 heavy (non-hydrogen) atoms. The minimum absolute atomic E-state index is 0.111. The molecule has 1 fully saturated rings. The summed E-state index contributed by atoms with van der Waals surface area (Å²) in [6.07, 6.45) is 2.45. The molecule has 3 nitrogen and oxygen atoms in total.